The Morgan fingerprint density at radius 2 is 1.79 bits per heavy atom. The first-order chi connectivity index (χ1) is 8.84. The van der Waals surface area contributed by atoms with E-state index in [1.54, 1.807) is 0 Å². The van der Waals surface area contributed by atoms with Gasteiger partial charge < -0.3 is 5.32 Å². The molecule has 0 aromatic heterocycles. The first kappa shape index (κ1) is 15.3. The molecule has 3 nitrogen and oxygen atoms in total. The lowest BCUT2D eigenvalue weighted by atomic mass is 9.86. The summed E-state index contributed by atoms with van der Waals surface area (Å²) in [5.74, 6) is 0. The highest BCUT2D eigenvalue weighted by atomic mass is 15.3. The summed E-state index contributed by atoms with van der Waals surface area (Å²) in [5, 5.41) is 3.78. The zero-order chi connectivity index (χ0) is 14.1. The van der Waals surface area contributed by atoms with Gasteiger partial charge in [0.2, 0.25) is 0 Å². The monoisotopic (exact) mass is 267 g/mol. The van der Waals surface area contributed by atoms with Gasteiger partial charge in [-0.15, -0.1) is 0 Å². The standard InChI is InChI=1S/C16H33N3/c1-6-16(5)8-7-14(13-17-16)18-9-11-19(12-10-18)15(2,3)4/h14,17H,6-13H2,1-5H3. The molecule has 0 saturated carbocycles. The van der Waals surface area contributed by atoms with Crippen molar-refractivity contribution in [2.75, 3.05) is 32.7 Å². The molecule has 2 fully saturated rings. The molecule has 1 N–H and O–H groups in total. The zero-order valence-corrected chi connectivity index (χ0v) is 13.6. The second kappa shape index (κ2) is 5.71. The van der Waals surface area contributed by atoms with E-state index in [1.165, 1.54) is 52.0 Å². The Kier molecular flexibility index (Phi) is 4.59. The van der Waals surface area contributed by atoms with Crippen LogP contribution in [0.5, 0.6) is 0 Å². The van der Waals surface area contributed by atoms with E-state index in [0.717, 1.165) is 6.04 Å². The van der Waals surface area contributed by atoms with Crippen LogP contribution in [-0.2, 0) is 0 Å². The summed E-state index contributed by atoms with van der Waals surface area (Å²) in [6.45, 7) is 17.8. The van der Waals surface area contributed by atoms with Crippen molar-refractivity contribution < 1.29 is 0 Å². The van der Waals surface area contributed by atoms with Crippen molar-refractivity contribution >= 4 is 0 Å². The van der Waals surface area contributed by atoms with Crippen molar-refractivity contribution in [1.82, 2.24) is 15.1 Å². The van der Waals surface area contributed by atoms with Gasteiger partial charge in [0.1, 0.15) is 0 Å². The topological polar surface area (TPSA) is 18.5 Å². The molecule has 0 spiro atoms. The van der Waals surface area contributed by atoms with Gasteiger partial charge in [-0.3, -0.25) is 9.80 Å². The van der Waals surface area contributed by atoms with Crippen molar-refractivity contribution in [1.29, 1.82) is 0 Å². The van der Waals surface area contributed by atoms with Crippen LogP contribution in [0.4, 0.5) is 0 Å². The maximum Gasteiger partial charge on any atom is 0.0222 e. The molecule has 19 heavy (non-hydrogen) atoms. The molecular formula is C16H33N3. The Hall–Kier alpha value is -0.120. The van der Waals surface area contributed by atoms with E-state index in [4.69, 9.17) is 0 Å². The van der Waals surface area contributed by atoms with E-state index in [1.807, 2.05) is 0 Å². The molecule has 3 heteroatoms. The summed E-state index contributed by atoms with van der Waals surface area (Å²) < 4.78 is 0. The lowest BCUT2D eigenvalue weighted by Crippen LogP contribution is -2.60. The van der Waals surface area contributed by atoms with Crippen LogP contribution in [0.15, 0.2) is 0 Å². The molecule has 2 atom stereocenters. The summed E-state index contributed by atoms with van der Waals surface area (Å²) >= 11 is 0. The van der Waals surface area contributed by atoms with Gasteiger partial charge in [-0.05, 0) is 47.0 Å². The van der Waals surface area contributed by atoms with Crippen molar-refractivity contribution in [3.63, 3.8) is 0 Å². The van der Waals surface area contributed by atoms with Gasteiger partial charge >= 0.3 is 0 Å². The van der Waals surface area contributed by atoms with Crippen molar-refractivity contribution in [3.8, 4) is 0 Å². The highest BCUT2D eigenvalue weighted by Crippen LogP contribution is 2.26. The second-order valence-corrected chi connectivity index (χ2v) is 7.68. The Morgan fingerprint density at radius 1 is 1.16 bits per heavy atom. The number of hydrogen-bond acceptors (Lipinski definition) is 3. The van der Waals surface area contributed by atoms with Crippen LogP contribution in [0, 0.1) is 0 Å². The van der Waals surface area contributed by atoms with Gasteiger partial charge in [0.25, 0.3) is 0 Å². The van der Waals surface area contributed by atoms with Gasteiger partial charge in [0.15, 0.2) is 0 Å². The van der Waals surface area contributed by atoms with Crippen molar-refractivity contribution in [3.05, 3.63) is 0 Å². The van der Waals surface area contributed by atoms with Gasteiger partial charge in [0, 0.05) is 49.8 Å². The van der Waals surface area contributed by atoms with Crippen LogP contribution in [-0.4, -0.2) is 59.6 Å². The lowest BCUT2D eigenvalue weighted by Gasteiger charge is -2.47. The molecule has 0 amide bonds. The molecule has 2 unspecified atom stereocenters. The largest absolute Gasteiger partial charge is 0.310 e. The van der Waals surface area contributed by atoms with Gasteiger partial charge in [0.05, 0.1) is 0 Å². The van der Waals surface area contributed by atoms with Crippen molar-refractivity contribution in [2.24, 2.45) is 0 Å². The molecule has 2 aliphatic heterocycles. The summed E-state index contributed by atoms with van der Waals surface area (Å²) in [6.07, 6.45) is 3.94. The molecular weight excluding hydrogens is 234 g/mol. The van der Waals surface area contributed by atoms with E-state index in [2.05, 4.69) is 49.7 Å². The predicted octanol–water partition coefficient (Wildman–Crippen LogP) is 2.32. The maximum absolute atomic E-state index is 3.78. The van der Waals surface area contributed by atoms with Crippen LogP contribution < -0.4 is 5.32 Å². The average Bonchev–Trinajstić information content (AvgIpc) is 2.39. The number of piperazine rings is 1. The summed E-state index contributed by atoms with van der Waals surface area (Å²) in [5.41, 5.74) is 0.724. The number of nitrogens with zero attached hydrogens (tertiary/aromatic N) is 2. The molecule has 0 bridgehead atoms. The molecule has 2 rings (SSSR count). The summed E-state index contributed by atoms with van der Waals surface area (Å²) in [7, 11) is 0. The fourth-order valence-electron chi connectivity index (χ4n) is 3.41. The first-order valence-electron chi connectivity index (χ1n) is 8.08. The average molecular weight is 267 g/mol. The Morgan fingerprint density at radius 3 is 2.21 bits per heavy atom. The van der Waals surface area contributed by atoms with E-state index < -0.39 is 0 Å². The minimum atomic E-state index is 0.331. The summed E-state index contributed by atoms with van der Waals surface area (Å²) in [6, 6.07) is 0.766. The SMILES string of the molecule is CCC1(C)CCC(N2CCN(C(C)(C)C)CC2)CN1. The highest BCUT2D eigenvalue weighted by Gasteiger charge is 2.34. The number of hydrogen-bond donors (Lipinski definition) is 1. The van der Waals surface area contributed by atoms with Gasteiger partial charge in [-0.1, -0.05) is 6.92 Å². The molecule has 112 valence electrons. The third kappa shape index (κ3) is 3.71. The van der Waals surface area contributed by atoms with E-state index in [0.29, 0.717) is 11.1 Å². The lowest BCUT2D eigenvalue weighted by molar-refractivity contribution is 0.0282. The maximum atomic E-state index is 3.78. The predicted molar refractivity (Wildman–Crippen MR) is 82.6 cm³/mol. The fourth-order valence-corrected chi connectivity index (χ4v) is 3.41. The molecule has 0 aromatic rings. The van der Waals surface area contributed by atoms with E-state index in [-0.39, 0.29) is 0 Å². The molecule has 2 saturated heterocycles. The van der Waals surface area contributed by atoms with Crippen LogP contribution in [0.2, 0.25) is 0 Å². The van der Waals surface area contributed by atoms with E-state index >= 15 is 0 Å². The molecule has 2 heterocycles. The van der Waals surface area contributed by atoms with Crippen molar-refractivity contribution in [2.45, 2.75) is 71.0 Å². The Bertz CT molecular complexity index is 279. The number of piperidine rings is 1. The molecule has 0 aromatic carbocycles. The quantitative estimate of drug-likeness (QED) is 0.828. The normalized spacial score (nSPS) is 35.5. The Balaban J connectivity index is 1.80. The number of nitrogens with one attached hydrogen (secondary N) is 1. The van der Waals surface area contributed by atoms with Crippen LogP contribution >= 0.6 is 0 Å². The van der Waals surface area contributed by atoms with E-state index in [9.17, 15) is 0 Å². The number of rotatable bonds is 2. The third-order valence-corrected chi connectivity index (χ3v) is 5.35. The molecule has 2 aliphatic rings. The Labute approximate surface area is 119 Å². The minimum Gasteiger partial charge on any atom is -0.310 e. The fraction of sp³-hybridized carbons (Fsp3) is 1.00. The highest BCUT2D eigenvalue weighted by molar-refractivity contribution is 4.93. The summed E-state index contributed by atoms with van der Waals surface area (Å²) in [4.78, 5) is 5.33. The molecule has 0 radical (unpaired) electrons. The second-order valence-electron chi connectivity index (χ2n) is 7.68. The van der Waals surface area contributed by atoms with Crippen LogP contribution in [0.1, 0.15) is 53.9 Å². The van der Waals surface area contributed by atoms with Gasteiger partial charge in [-0.25, -0.2) is 0 Å². The third-order valence-electron chi connectivity index (χ3n) is 5.35. The minimum absolute atomic E-state index is 0.331. The van der Waals surface area contributed by atoms with Crippen LogP contribution in [0.25, 0.3) is 0 Å². The first-order valence-corrected chi connectivity index (χ1v) is 8.08. The van der Waals surface area contributed by atoms with Crippen LogP contribution in [0.3, 0.4) is 0 Å². The molecule has 0 aliphatic carbocycles. The zero-order valence-electron chi connectivity index (χ0n) is 13.6. The smallest absolute Gasteiger partial charge is 0.0222 e. The van der Waals surface area contributed by atoms with Gasteiger partial charge in [-0.2, -0.15) is 0 Å².